The lowest BCUT2D eigenvalue weighted by molar-refractivity contribution is -0.141. The molecule has 0 spiro atoms. The lowest BCUT2D eigenvalue weighted by Gasteiger charge is -2.36. The van der Waals surface area contributed by atoms with E-state index in [-0.39, 0.29) is 11.8 Å². The van der Waals surface area contributed by atoms with Gasteiger partial charge >= 0.3 is 0 Å². The first-order valence-electron chi connectivity index (χ1n) is 7.22. The molecular weight excluding hydrogens is 258 g/mol. The van der Waals surface area contributed by atoms with Gasteiger partial charge in [-0.05, 0) is 39.8 Å². The zero-order valence-electron chi connectivity index (χ0n) is 13.0. The highest BCUT2D eigenvalue weighted by molar-refractivity contribution is 5.90. The van der Waals surface area contributed by atoms with Gasteiger partial charge in [-0.15, -0.1) is 0 Å². The summed E-state index contributed by atoms with van der Waals surface area (Å²) in [6.45, 7) is 6.26. The van der Waals surface area contributed by atoms with E-state index in [9.17, 15) is 9.59 Å². The number of methoxy groups -OCH3 is 1. The van der Waals surface area contributed by atoms with E-state index in [1.807, 2.05) is 6.92 Å². The second-order valence-electron chi connectivity index (χ2n) is 5.51. The third-order valence-corrected chi connectivity index (χ3v) is 4.03. The van der Waals surface area contributed by atoms with Crippen LogP contribution in [-0.4, -0.2) is 63.2 Å². The Hall–Kier alpha value is -1.14. The summed E-state index contributed by atoms with van der Waals surface area (Å²) < 4.78 is 5.23. The van der Waals surface area contributed by atoms with Crippen molar-refractivity contribution in [2.75, 3.05) is 40.4 Å². The highest BCUT2D eigenvalue weighted by Crippen LogP contribution is 2.29. The number of likely N-dealkylation sites (N-methyl/N-ethyl adjacent to an activating group) is 1. The van der Waals surface area contributed by atoms with Crippen LogP contribution in [0, 0.1) is 5.41 Å². The molecule has 20 heavy (non-hydrogen) atoms. The van der Waals surface area contributed by atoms with Gasteiger partial charge in [0.2, 0.25) is 11.8 Å². The van der Waals surface area contributed by atoms with E-state index < -0.39 is 11.5 Å². The van der Waals surface area contributed by atoms with Gasteiger partial charge in [-0.1, -0.05) is 0 Å². The fraction of sp³-hybridized carbons (Fsp3) is 0.857. The fourth-order valence-electron chi connectivity index (χ4n) is 2.52. The number of ether oxygens (including phenoxy) is 1. The van der Waals surface area contributed by atoms with Gasteiger partial charge in [0, 0.05) is 20.7 Å². The van der Waals surface area contributed by atoms with Crippen molar-refractivity contribution in [1.82, 2.24) is 15.5 Å². The Kier molecular flexibility index (Phi) is 6.42. The lowest BCUT2D eigenvalue weighted by atomic mass is 9.78. The predicted octanol–water partition coefficient (Wildman–Crippen LogP) is -0.0144. The molecule has 0 radical (unpaired) electrons. The van der Waals surface area contributed by atoms with Crippen molar-refractivity contribution in [3.05, 3.63) is 0 Å². The zero-order chi connectivity index (χ0) is 15.2. The van der Waals surface area contributed by atoms with Gasteiger partial charge in [0.25, 0.3) is 0 Å². The Morgan fingerprint density at radius 2 is 2.00 bits per heavy atom. The van der Waals surface area contributed by atoms with E-state index >= 15 is 0 Å². The van der Waals surface area contributed by atoms with Crippen LogP contribution < -0.4 is 10.6 Å². The summed E-state index contributed by atoms with van der Waals surface area (Å²) in [5, 5.41) is 6.10. The van der Waals surface area contributed by atoms with Crippen LogP contribution in [0.15, 0.2) is 0 Å². The van der Waals surface area contributed by atoms with Crippen molar-refractivity contribution >= 4 is 11.8 Å². The molecule has 6 nitrogen and oxygen atoms in total. The summed E-state index contributed by atoms with van der Waals surface area (Å²) >= 11 is 0. The molecule has 2 N–H and O–H groups in total. The molecule has 1 rings (SSSR count). The molecule has 1 aliphatic rings. The number of amides is 2. The number of hydrogen-bond donors (Lipinski definition) is 2. The summed E-state index contributed by atoms with van der Waals surface area (Å²) in [6.07, 6.45) is 1.47. The van der Waals surface area contributed by atoms with Crippen molar-refractivity contribution in [2.24, 2.45) is 5.41 Å². The van der Waals surface area contributed by atoms with Gasteiger partial charge in [0.05, 0.1) is 12.0 Å². The van der Waals surface area contributed by atoms with Crippen LogP contribution in [0.5, 0.6) is 0 Å². The molecule has 1 atom stereocenters. The van der Waals surface area contributed by atoms with E-state index in [4.69, 9.17) is 4.74 Å². The number of nitrogens with one attached hydrogen (secondary N) is 2. The van der Waals surface area contributed by atoms with Crippen LogP contribution in [-0.2, 0) is 14.3 Å². The smallest absolute Gasteiger partial charge is 0.244 e. The minimum absolute atomic E-state index is 0.0673. The number of piperidine rings is 1. The van der Waals surface area contributed by atoms with E-state index in [1.54, 1.807) is 26.0 Å². The Morgan fingerprint density at radius 3 is 2.50 bits per heavy atom. The average Bonchev–Trinajstić information content (AvgIpc) is 2.46. The number of nitrogens with zero attached hydrogens (tertiary/aromatic N) is 1. The second kappa shape index (κ2) is 7.59. The summed E-state index contributed by atoms with van der Waals surface area (Å²) in [5.41, 5.74) is -0.515. The van der Waals surface area contributed by atoms with Crippen molar-refractivity contribution in [3.63, 3.8) is 0 Å². The average molecular weight is 285 g/mol. The molecular formula is C14H27N3O3. The molecule has 1 unspecified atom stereocenters. The number of carbonyl (C=O) groups is 2. The molecule has 116 valence electrons. The molecule has 6 heteroatoms. The zero-order valence-corrected chi connectivity index (χ0v) is 13.0. The van der Waals surface area contributed by atoms with Crippen molar-refractivity contribution < 1.29 is 14.3 Å². The number of rotatable bonds is 6. The standard InChI is InChI=1S/C14H27N3O3/c1-5-17(3)12(18)11(2)16-13(19)14(10-20-4)6-8-15-9-7-14/h11,15H,5-10H2,1-4H3,(H,16,19). The summed E-state index contributed by atoms with van der Waals surface area (Å²) in [4.78, 5) is 26.2. The fourth-order valence-corrected chi connectivity index (χ4v) is 2.52. The molecule has 2 amide bonds. The van der Waals surface area contributed by atoms with Crippen LogP contribution in [0.3, 0.4) is 0 Å². The second-order valence-corrected chi connectivity index (χ2v) is 5.51. The number of hydrogen-bond acceptors (Lipinski definition) is 4. The maximum absolute atomic E-state index is 12.5. The van der Waals surface area contributed by atoms with Crippen molar-refractivity contribution in [1.29, 1.82) is 0 Å². The number of carbonyl (C=O) groups excluding carboxylic acids is 2. The van der Waals surface area contributed by atoms with Crippen LogP contribution in [0.4, 0.5) is 0 Å². The van der Waals surface area contributed by atoms with Crippen molar-refractivity contribution in [3.8, 4) is 0 Å². The minimum atomic E-state index is -0.515. The van der Waals surface area contributed by atoms with E-state index in [1.165, 1.54) is 0 Å². The molecule has 0 aromatic rings. The molecule has 1 fully saturated rings. The Balaban J connectivity index is 2.68. The molecule has 0 aromatic carbocycles. The van der Waals surface area contributed by atoms with Crippen LogP contribution in [0.2, 0.25) is 0 Å². The first-order chi connectivity index (χ1) is 9.46. The van der Waals surface area contributed by atoms with Gasteiger partial charge in [0.1, 0.15) is 6.04 Å². The van der Waals surface area contributed by atoms with Crippen LogP contribution >= 0.6 is 0 Å². The molecule has 0 bridgehead atoms. The Bertz CT molecular complexity index is 335. The molecule has 1 aliphatic heterocycles. The highest BCUT2D eigenvalue weighted by Gasteiger charge is 2.40. The van der Waals surface area contributed by atoms with E-state index in [0.29, 0.717) is 13.2 Å². The van der Waals surface area contributed by atoms with Crippen LogP contribution in [0.25, 0.3) is 0 Å². The summed E-state index contributed by atoms with van der Waals surface area (Å²) in [5.74, 6) is -0.145. The van der Waals surface area contributed by atoms with E-state index in [2.05, 4.69) is 10.6 Å². The van der Waals surface area contributed by atoms with Gasteiger partial charge < -0.3 is 20.3 Å². The van der Waals surface area contributed by atoms with Crippen LogP contribution in [0.1, 0.15) is 26.7 Å². The first kappa shape index (κ1) is 16.9. The van der Waals surface area contributed by atoms with Gasteiger partial charge in [-0.25, -0.2) is 0 Å². The van der Waals surface area contributed by atoms with Gasteiger partial charge in [0.15, 0.2) is 0 Å². The third-order valence-electron chi connectivity index (χ3n) is 4.03. The third kappa shape index (κ3) is 3.93. The lowest BCUT2D eigenvalue weighted by Crippen LogP contribution is -2.54. The van der Waals surface area contributed by atoms with Gasteiger partial charge in [-0.2, -0.15) is 0 Å². The SMILES string of the molecule is CCN(C)C(=O)C(C)NC(=O)C1(COC)CCNCC1. The Labute approximate surface area is 121 Å². The topological polar surface area (TPSA) is 70.7 Å². The summed E-state index contributed by atoms with van der Waals surface area (Å²) in [6, 6.07) is -0.504. The molecule has 0 aliphatic carbocycles. The summed E-state index contributed by atoms with van der Waals surface area (Å²) in [7, 11) is 3.34. The first-order valence-corrected chi connectivity index (χ1v) is 7.22. The molecule has 1 heterocycles. The molecule has 0 saturated carbocycles. The predicted molar refractivity (Wildman–Crippen MR) is 77.3 cm³/mol. The normalized spacial score (nSPS) is 19.2. The van der Waals surface area contributed by atoms with Gasteiger partial charge in [-0.3, -0.25) is 9.59 Å². The molecule has 0 aromatic heterocycles. The molecule has 1 saturated heterocycles. The quantitative estimate of drug-likeness (QED) is 0.720. The highest BCUT2D eigenvalue weighted by atomic mass is 16.5. The monoisotopic (exact) mass is 285 g/mol. The minimum Gasteiger partial charge on any atom is -0.384 e. The van der Waals surface area contributed by atoms with E-state index in [0.717, 1.165) is 25.9 Å². The Morgan fingerprint density at radius 1 is 1.40 bits per heavy atom. The maximum atomic E-state index is 12.5. The van der Waals surface area contributed by atoms with Crippen molar-refractivity contribution in [2.45, 2.75) is 32.7 Å². The maximum Gasteiger partial charge on any atom is 0.244 e. The largest absolute Gasteiger partial charge is 0.384 e.